The predicted molar refractivity (Wildman–Crippen MR) is 77.8 cm³/mol. The Kier molecular flexibility index (Phi) is 6.39. The Morgan fingerprint density at radius 1 is 1.32 bits per heavy atom. The van der Waals surface area contributed by atoms with Crippen LogP contribution in [0.3, 0.4) is 0 Å². The molecule has 1 amide bonds. The highest BCUT2D eigenvalue weighted by Gasteiger charge is 2.36. The molecule has 0 aromatic heterocycles. The lowest BCUT2D eigenvalue weighted by Gasteiger charge is -2.17. The molecule has 1 aromatic rings. The molecule has 0 radical (unpaired) electrons. The summed E-state index contributed by atoms with van der Waals surface area (Å²) in [6.45, 7) is 0. The number of halogens is 5. The molecule has 0 aliphatic carbocycles. The predicted octanol–water partition coefficient (Wildman–Crippen LogP) is 3.85. The van der Waals surface area contributed by atoms with E-state index in [-0.39, 0.29) is 15.6 Å². The summed E-state index contributed by atoms with van der Waals surface area (Å²) < 4.78 is 36.9. The van der Waals surface area contributed by atoms with E-state index in [2.05, 4.69) is 0 Å². The highest BCUT2D eigenvalue weighted by Crippen LogP contribution is 2.31. The first-order chi connectivity index (χ1) is 10.0. The molecule has 0 saturated carbocycles. The SMILES string of the molecule is CSc1cc(C(=O)NC(CC(F)(F)F)C(=O)O)c(Cl)cc1Cl. The van der Waals surface area contributed by atoms with Gasteiger partial charge in [-0.3, -0.25) is 4.79 Å². The number of aliphatic carboxylic acids is 1. The topological polar surface area (TPSA) is 66.4 Å². The minimum absolute atomic E-state index is 0.0866. The van der Waals surface area contributed by atoms with Crippen molar-refractivity contribution in [2.75, 3.05) is 6.26 Å². The maximum Gasteiger partial charge on any atom is 0.391 e. The van der Waals surface area contributed by atoms with Gasteiger partial charge in [-0.15, -0.1) is 11.8 Å². The van der Waals surface area contributed by atoms with Crippen LogP contribution in [0.4, 0.5) is 13.2 Å². The first kappa shape index (κ1) is 18.9. The van der Waals surface area contributed by atoms with Gasteiger partial charge in [0.25, 0.3) is 5.91 Å². The van der Waals surface area contributed by atoms with Crippen LogP contribution < -0.4 is 5.32 Å². The Balaban J connectivity index is 3.02. The number of nitrogens with one attached hydrogen (secondary N) is 1. The summed E-state index contributed by atoms with van der Waals surface area (Å²) in [5.74, 6) is -2.81. The van der Waals surface area contributed by atoms with Crippen molar-refractivity contribution in [3.05, 3.63) is 27.7 Å². The molecule has 22 heavy (non-hydrogen) atoms. The Labute approximate surface area is 138 Å². The number of carboxylic acids is 1. The van der Waals surface area contributed by atoms with Gasteiger partial charge in [-0.25, -0.2) is 4.79 Å². The summed E-state index contributed by atoms with van der Waals surface area (Å²) in [7, 11) is 0. The highest BCUT2D eigenvalue weighted by molar-refractivity contribution is 7.98. The number of amides is 1. The fourth-order valence-electron chi connectivity index (χ4n) is 1.53. The molecule has 2 N–H and O–H groups in total. The highest BCUT2D eigenvalue weighted by atomic mass is 35.5. The van der Waals surface area contributed by atoms with Crippen molar-refractivity contribution >= 4 is 46.8 Å². The number of hydrogen-bond donors (Lipinski definition) is 2. The second-order valence-corrected chi connectivity index (χ2v) is 5.81. The zero-order valence-electron chi connectivity index (χ0n) is 11.0. The molecule has 0 saturated heterocycles. The van der Waals surface area contributed by atoms with Crippen LogP contribution in [0, 0.1) is 0 Å². The van der Waals surface area contributed by atoms with Crippen LogP contribution in [0.2, 0.25) is 10.0 Å². The van der Waals surface area contributed by atoms with Crippen LogP contribution in [0.15, 0.2) is 17.0 Å². The van der Waals surface area contributed by atoms with Crippen molar-refractivity contribution in [3.63, 3.8) is 0 Å². The maximum absolute atomic E-state index is 12.3. The summed E-state index contributed by atoms with van der Waals surface area (Å²) >= 11 is 12.9. The van der Waals surface area contributed by atoms with Gasteiger partial charge < -0.3 is 10.4 Å². The van der Waals surface area contributed by atoms with Gasteiger partial charge in [0.15, 0.2) is 0 Å². The molecular formula is C12H10Cl2F3NO3S. The third-order valence-corrected chi connectivity index (χ3v) is 4.04. The molecule has 0 bridgehead atoms. The zero-order chi connectivity index (χ0) is 17.1. The van der Waals surface area contributed by atoms with E-state index < -0.39 is 30.5 Å². The second kappa shape index (κ2) is 7.43. The van der Waals surface area contributed by atoms with E-state index in [9.17, 15) is 22.8 Å². The largest absolute Gasteiger partial charge is 0.480 e. The zero-order valence-corrected chi connectivity index (χ0v) is 13.3. The van der Waals surface area contributed by atoms with Gasteiger partial charge in [0.05, 0.1) is 22.0 Å². The van der Waals surface area contributed by atoms with E-state index in [4.69, 9.17) is 28.3 Å². The first-order valence-electron chi connectivity index (χ1n) is 5.68. The molecule has 1 unspecified atom stereocenters. The summed E-state index contributed by atoms with van der Waals surface area (Å²) in [5, 5.41) is 10.8. The molecule has 0 heterocycles. The summed E-state index contributed by atoms with van der Waals surface area (Å²) in [6.07, 6.45) is -4.74. The molecule has 1 atom stereocenters. The quantitative estimate of drug-likeness (QED) is 0.767. The van der Waals surface area contributed by atoms with Gasteiger partial charge in [-0.1, -0.05) is 23.2 Å². The number of hydrogen-bond acceptors (Lipinski definition) is 3. The van der Waals surface area contributed by atoms with Crippen molar-refractivity contribution in [1.82, 2.24) is 5.32 Å². The van der Waals surface area contributed by atoms with Crippen molar-refractivity contribution in [1.29, 1.82) is 0 Å². The lowest BCUT2D eigenvalue weighted by molar-refractivity contribution is -0.157. The van der Waals surface area contributed by atoms with Crippen LogP contribution in [0.25, 0.3) is 0 Å². The molecular weight excluding hydrogens is 366 g/mol. The maximum atomic E-state index is 12.3. The average Bonchev–Trinajstić information content (AvgIpc) is 2.36. The Morgan fingerprint density at radius 2 is 1.91 bits per heavy atom. The van der Waals surface area contributed by atoms with E-state index in [1.807, 2.05) is 0 Å². The Morgan fingerprint density at radius 3 is 2.36 bits per heavy atom. The molecule has 122 valence electrons. The minimum Gasteiger partial charge on any atom is -0.480 e. The first-order valence-corrected chi connectivity index (χ1v) is 7.66. The van der Waals surface area contributed by atoms with Crippen molar-refractivity contribution < 1.29 is 27.9 Å². The van der Waals surface area contributed by atoms with Gasteiger partial charge in [-0.05, 0) is 18.4 Å². The van der Waals surface area contributed by atoms with Gasteiger partial charge in [0.2, 0.25) is 0 Å². The van der Waals surface area contributed by atoms with E-state index in [0.29, 0.717) is 4.90 Å². The molecule has 10 heteroatoms. The van der Waals surface area contributed by atoms with Crippen LogP contribution in [-0.4, -0.2) is 35.5 Å². The molecule has 4 nitrogen and oxygen atoms in total. The van der Waals surface area contributed by atoms with Crippen LogP contribution >= 0.6 is 35.0 Å². The summed E-state index contributed by atoms with van der Waals surface area (Å²) in [5.41, 5.74) is -0.149. The third kappa shape index (κ3) is 5.26. The van der Waals surface area contributed by atoms with Crippen molar-refractivity contribution in [2.45, 2.75) is 23.5 Å². The summed E-state index contributed by atoms with van der Waals surface area (Å²) in [4.78, 5) is 23.3. The fourth-order valence-corrected chi connectivity index (χ4v) is 2.72. The average molecular weight is 376 g/mol. The summed E-state index contributed by atoms with van der Waals surface area (Å²) in [6, 6.07) is 0.456. The van der Waals surface area contributed by atoms with E-state index >= 15 is 0 Å². The molecule has 1 rings (SSSR count). The van der Waals surface area contributed by atoms with Crippen LogP contribution in [-0.2, 0) is 4.79 Å². The number of thioether (sulfide) groups is 1. The number of carboxylic acid groups (broad SMARTS) is 1. The van der Waals surface area contributed by atoms with Crippen LogP contribution in [0.1, 0.15) is 16.8 Å². The normalized spacial score (nSPS) is 12.8. The lowest BCUT2D eigenvalue weighted by Crippen LogP contribution is -2.43. The van der Waals surface area contributed by atoms with Crippen molar-refractivity contribution in [3.8, 4) is 0 Å². The van der Waals surface area contributed by atoms with Crippen molar-refractivity contribution in [2.24, 2.45) is 0 Å². The smallest absolute Gasteiger partial charge is 0.391 e. The minimum atomic E-state index is -4.73. The van der Waals surface area contributed by atoms with E-state index in [1.165, 1.54) is 23.9 Å². The molecule has 0 aliphatic heterocycles. The van der Waals surface area contributed by atoms with Gasteiger partial charge in [-0.2, -0.15) is 13.2 Å². The monoisotopic (exact) mass is 375 g/mol. The lowest BCUT2D eigenvalue weighted by atomic mass is 10.1. The number of carbonyl (C=O) groups excluding carboxylic acids is 1. The Hall–Kier alpha value is -1.12. The van der Waals surface area contributed by atoms with Gasteiger partial charge >= 0.3 is 12.1 Å². The van der Waals surface area contributed by atoms with E-state index in [0.717, 1.165) is 0 Å². The number of rotatable bonds is 5. The molecule has 0 aliphatic rings. The second-order valence-electron chi connectivity index (χ2n) is 4.15. The number of benzene rings is 1. The van der Waals surface area contributed by atoms with E-state index in [1.54, 1.807) is 11.6 Å². The Bertz CT molecular complexity index is 596. The molecule has 0 spiro atoms. The standard InChI is InChI=1S/C12H10Cl2F3NO3S/c1-22-9-2-5(6(13)3-7(9)14)10(19)18-8(11(20)21)4-12(15,16)17/h2-3,8H,4H2,1H3,(H,18,19)(H,20,21). The van der Waals surface area contributed by atoms with Gasteiger partial charge in [0.1, 0.15) is 6.04 Å². The fraction of sp³-hybridized carbons (Fsp3) is 0.333. The number of alkyl halides is 3. The number of carbonyl (C=O) groups is 2. The van der Waals surface area contributed by atoms with Gasteiger partial charge in [0, 0.05) is 4.90 Å². The van der Waals surface area contributed by atoms with Crippen LogP contribution in [0.5, 0.6) is 0 Å². The molecule has 0 fully saturated rings. The third-order valence-electron chi connectivity index (χ3n) is 2.53. The molecule has 1 aromatic carbocycles.